The summed E-state index contributed by atoms with van der Waals surface area (Å²) in [5.41, 5.74) is 5.96. The summed E-state index contributed by atoms with van der Waals surface area (Å²) in [4.78, 5) is 14.3. The summed E-state index contributed by atoms with van der Waals surface area (Å²) in [5.74, 6) is 0.680. The first-order valence-corrected chi connectivity index (χ1v) is 5.25. The lowest BCUT2D eigenvalue weighted by atomic mass is 10.3. The predicted molar refractivity (Wildman–Crippen MR) is 61.6 cm³/mol. The van der Waals surface area contributed by atoms with Gasteiger partial charge in [0.1, 0.15) is 5.82 Å². The van der Waals surface area contributed by atoms with Crippen LogP contribution in [0, 0.1) is 0 Å². The van der Waals surface area contributed by atoms with Crippen LogP contribution in [0.3, 0.4) is 0 Å². The smallest absolute Gasteiger partial charge is 0.330 e. The number of hydrogen-bond donors (Lipinski definition) is 2. The van der Waals surface area contributed by atoms with Crippen LogP contribution in [0.5, 0.6) is 0 Å². The van der Waals surface area contributed by atoms with Gasteiger partial charge in [0.05, 0.1) is 5.69 Å². The molecular weight excluding hydrogens is 204 g/mol. The van der Waals surface area contributed by atoms with Crippen LogP contribution >= 0.6 is 0 Å². The highest BCUT2D eigenvalue weighted by molar-refractivity contribution is 5.29. The van der Waals surface area contributed by atoms with E-state index < -0.39 is 0 Å². The summed E-state index contributed by atoms with van der Waals surface area (Å²) in [6, 6.07) is 9.33. The number of nitrogens with zero attached hydrogens (tertiary/aromatic N) is 2. The maximum Gasteiger partial charge on any atom is 0.348 e. The molecule has 1 aromatic carbocycles. The molecule has 0 aliphatic heterocycles. The molecule has 0 radical (unpaired) electrons. The lowest BCUT2D eigenvalue weighted by Crippen LogP contribution is -2.15. The molecule has 3 N–H and O–H groups in total. The summed E-state index contributed by atoms with van der Waals surface area (Å²) >= 11 is 0. The molecule has 16 heavy (non-hydrogen) atoms. The molecule has 0 saturated carbocycles. The largest absolute Gasteiger partial charge is 0.348 e. The van der Waals surface area contributed by atoms with E-state index in [1.807, 2.05) is 30.3 Å². The standard InChI is InChI=1S/C11H14N4O/c12-8-4-7-10-13-11(16)15(14-10)9-5-2-1-3-6-9/h1-3,5-6H,4,7-8,12H2,(H,13,14,16). The van der Waals surface area contributed by atoms with Crippen molar-refractivity contribution in [3.05, 3.63) is 46.6 Å². The van der Waals surface area contributed by atoms with Crippen molar-refractivity contribution in [1.82, 2.24) is 14.8 Å². The number of nitrogens with two attached hydrogens (primary N) is 1. The van der Waals surface area contributed by atoms with Crippen LogP contribution < -0.4 is 11.4 Å². The highest BCUT2D eigenvalue weighted by Gasteiger charge is 2.05. The third-order valence-electron chi connectivity index (χ3n) is 2.28. The summed E-state index contributed by atoms with van der Waals surface area (Å²) in [7, 11) is 0. The number of nitrogens with one attached hydrogen (secondary N) is 1. The maximum atomic E-state index is 11.6. The van der Waals surface area contributed by atoms with E-state index in [-0.39, 0.29) is 5.69 Å². The number of aromatic nitrogens is 3. The van der Waals surface area contributed by atoms with E-state index in [2.05, 4.69) is 10.1 Å². The van der Waals surface area contributed by atoms with E-state index in [4.69, 9.17) is 5.73 Å². The third-order valence-corrected chi connectivity index (χ3v) is 2.28. The number of aromatic amines is 1. The number of H-pyrrole nitrogens is 1. The highest BCUT2D eigenvalue weighted by Crippen LogP contribution is 2.02. The molecule has 0 saturated heterocycles. The molecule has 5 nitrogen and oxygen atoms in total. The lowest BCUT2D eigenvalue weighted by molar-refractivity contribution is 0.762. The molecule has 5 heteroatoms. The molecule has 0 aliphatic carbocycles. The van der Waals surface area contributed by atoms with Crippen LogP contribution in [0.25, 0.3) is 5.69 Å². The molecule has 0 spiro atoms. The zero-order valence-electron chi connectivity index (χ0n) is 8.89. The Kier molecular flexibility index (Phi) is 3.16. The van der Waals surface area contributed by atoms with Gasteiger partial charge in [-0.05, 0) is 25.1 Å². The van der Waals surface area contributed by atoms with Crippen LogP contribution in [0.4, 0.5) is 0 Å². The molecule has 0 fully saturated rings. The summed E-state index contributed by atoms with van der Waals surface area (Å²) in [6.45, 7) is 0.597. The number of hydrogen-bond acceptors (Lipinski definition) is 3. The van der Waals surface area contributed by atoms with Gasteiger partial charge in [-0.3, -0.25) is 4.98 Å². The zero-order chi connectivity index (χ0) is 11.4. The van der Waals surface area contributed by atoms with Crippen molar-refractivity contribution in [3.8, 4) is 5.69 Å². The Balaban J connectivity index is 2.29. The lowest BCUT2D eigenvalue weighted by Gasteiger charge is -1.97. The molecule has 1 aromatic heterocycles. The van der Waals surface area contributed by atoms with Gasteiger partial charge < -0.3 is 5.73 Å². The monoisotopic (exact) mass is 218 g/mol. The van der Waals surface area contributed by atoms with Crippen molar-refractivity contribution in [2.45, 2.75) is 12.8 Å². The van der Waals surface area contributed by atoms with Crippen LogP contribution in [-0.4, -0.2) is 21.3 Å². The maximum absolute atomic E-state index is 11.6. The minimum atomic E-state index is -0.210. The first-order valence-electron chi connectivity index (χ1n) is 5.25. The highest BCUT2D eigenvalue weighted by atomic mass is 16.1. The minimum Gasteiger partial charge on any atom is -0.330 e. The first-order chi connectivity index (χ1) is 7.81. The van der Waals surface area contributed by atoms with Crippen molar-refractivity contribution in [1.29, 1.82) is 0 Å². The summed E-state index contributed by atoms with van der Waals surface area (Å²) in [5, 5.41) is 4.21. The predicted octanol–water partition coefficient (Wildman–Crippen LogP) is 0.452. The average Bonchev–Trinajstić information content (AvgIpc) is 2.69. The van der Waals surface area contributed by atoms with Crippen molar-refractivity contribution < 1.29 is 0 Å². The van der Waals surface area contributed by atoms with E-state index in [0.717, 1.165) is 12.1 Å². The van der Waals surface area contributed by atoms with Gasteiger partial charge in [0.25, 0.3) is 0 Å². The van der Waals surface area contributed by atoms with Crippen molar-refractivity contribution in [3.63, 3.8) is 0 Å². The van der Waals surface area contributed by atoms with E-state index >= 15 is 0 Å². The molecule has 2 rings (SSSR count). The van der Waals surface area contributed by atoms with Gasteiger partial charge in [0.15, 0.2) is 0 Å². The second-order valence-corrected chi connectivity index (χ2v) is 3.52. The molecular formula is C11H14N4O. The van der Waals surface area contributed by atoms with Crippen LogP contribution in [0.1, 0.15) is 12.2 Å². The fourth-order valence-corrected chi connectivity index (χ4v) is 1.49. The average molecular weight is 218 g/mol. The van der Waals surface area contributed by atoms with Crippen LogP contribution in [-0.2, 0) is 6.42 Å². The molecule has 0 unspecified atom stereocenters. The fraction of sp³-hybridized carbons (Fsp3) is 0.273. The molecule has 0 amide bonds. The third kappa shape index (κ3) is 2.20. The van der Waals surface area contributed by atoms with Gasteiger partial charge in [-0.2, -0.15) is 9.78 Å². The summed E-state index contributed by atoms with van der Waals surface area (Å²) < 4.78 is 1.37. The van der Waals surface area contributed by atoms with Gasteiger partial charge in [-0.15, -0.1) is 0 Å². The quantitative estimate of drug-likeness (QED) is 0.782. The first kappa shape index (κ1) is 10.6. The van der Waals surface area contributed by atoms with Crippen molar-refractivity contribution in [2.24, 2.45) is 5.73 Å². The Morgan fingerprint density at radius 2 is 2.06 bits per heavy atom. The number of rotatable bonds is 4. The molecule has 0 atom stereocenters. The van der Waals surface area contributed by atoms with Gasteiger partial charge in [0, 0.05) is 6.42 Å². The van der Waals surface area contributed by atoms with E-state index in [9.17, 15) is 4.79 Å². The second kappa shape index (κ2) is 4.76. The van der Waals surface area contributed by atoms with E-state index in [1.165, 1.54) is 4.68 Å². The zero-order valence-corrected chi connectivity index (χ0v) is 8.89. The number of aryl methyl sites for hydroxylation is 1. The second-order valence-electron chi connectivity index (χ2n) is 3.52. The van der Waals surface area contributed by atoms with Gasteiger partial charge in [-0.25, -0.2) is 4.79 Å². The Morgan fingerprint density at radius 1 is 1.31 bits per heavy atom. The van der Waals surface area contributed by atoms with Crippen LogP contribution in [0.2, 0.25) is 0 Å². The fourth-order valence-electron chi connectivity index (χ4n) is 1.49. The Bertz CT molecular complexity index is 500. The Hall–Kier alpha value is -1.88. The van der Waals surface area contributed by atoms with Crippen molar-refractivity contribution in [2.75, 3.05) is 6.54 Å². The Morgan fingerprint density at radius 3 is 2.75 bits per heavy atom. The normalized spacial score (nSPS) is 10.6. The van der Waals surface area contributed by atoms with Crippen LogP contribution in [0.15, 0.2) is 35.1 Å². The summed E-state index contributed by atoms with van der Waals surface area (Å²) in [6.07, 6.45) is 1.52. The molecule has 1 heterocycles. The Labute approximate surface area is 92.9 Å². The van der Waals surface area contributed by atoms with E-state index in [0.29, 0.717) is 18.8 Å². The van der Waals surface area contributed by atoms with Gasteiger partial charge in [-0.1, -0.05) is 18.2 Å². The molecule has 2 aromatic rings. The number of benzene rings is 1. The van der Waals surface area contributed by atoms with Gasteiger partial charge in [0.2, 0.25) is 0 Å². The number of para-hydroxylation sites is 1. The molecule has 84 valence electrons. The topological polar surface area (TPSA) is 76.7 Å². The SMILES string of the molecule is NCCCc1nn(-c2ccccc2)c(=O)[nH]1. The van der Waals surface area contributed by atoms with Gasteiger partial charge >= 0.3 is 5.69 Å². The van der Waals surface area contributed by atoms with Crippen molar-refractivity contribution >= 4 is 0 Å². The molecule has 0 bridgehead atoms. The molecule has 0 aliphatic rings. The minimum absolute atomic E-state index is 0.210. The van der Waals surface area contributed by atoms with E-state index in [1.54, 1.807) is 0 Å².